The number of amides is 1. The van der Waals surface area contributed by atoms with Gasteiger partial charge in [0.15, 0.2) is 0 Å². The summed E-state index contributed by atoms with van der Waals surface area (Å²) in [7, 11) is 0. The molecule has 1 rings (SSSR count). The maximum absolute atomic E-state index is 12.0. The van der Waals surface area contributed by atoms with Gasteiger partial charge in [-0.25, -0.2) is 4.79 Å². The van der Waals surface area contributed by atoms with Crippen LogP contribution >= 0.6 is 0 Å². The molecule has 1 atom stereocenters. The van der Waals surface area contributed by atoms with Crippen LogP contribution < -0.4 is 5.32 Å². The van der Waals surface area contributed by atoms with Crippen LogP contribution in [0.15, 0.2) is 30.9 Å². The van der Waals surface area contributed by atoms with E-state index in [0.717, 1.165) is 16.7 Å². The van der Waals surface area contributed by atoms with Crippen molar-refractivity contribution in [3.63, 3.8) is 0 Å². The van der Waals surface area contributed by atoms with E-state index >= 15 is 0 Å². The van der Waals surface area contributed by atoms with Crippen LogP contribution in [0.3, 0.4) is 0 Å². The number of allylic oxidation sites excluding steroid dienone is 1. The number of rotatable bonds is 7. The number of benzene rings is 1. The van der Waals surface area contributed by atoms with Gasteiger partial charge in [0.25, 0.3) is 0 Å². The largest absolute Gasteiger partial charge is 0.480 e. The van der Waals surface area contributed by atoms with Crippen molar-refractivity contribution >= 4 is 11.9 Å². The quantitative estimate of drug-likeness (QED) is 0.751. The molecule has 2 N–H and O–H groups in total. The molecule has 0 aromatic heterocycles. The van der Waals surface area contributed by atoms with Crippen molar-refractivity contribution in [2.45, 2.75) is 39.2 Å². The Bertz CT molecular complexity index is 508. The molecular weight excluding hydrogens is 254 g/mol. The zero-order valence-electron chi connectivity index (χ0n) is 12.0. The first kappa shape index (κ1) is 16.0. The smallest absolute Gasteiger partial charge is 0.326 e. The van der Waals surface area contributed by atoms with Crippen molar-refractivity contribution in [1.29, 1.82) is 0 Å². The lowest BCUT2D eigenvalue weighted by Crippen LogP contribution is -2.41. The van der Waals surface area contributed by atoms with Gasteiger partial charge in [-0.3, -0.25) is 4.79 Å². The van der Waals surface area contributed by atoms with Crippen LogP contribution in [0.25, 0.3) is 0 Å². The third kappa shape index (κ3) is 4.88. The topological polar surface area (TPSA) is 66.4 Å². The molecule has 4 heteroatoms. The first-order chi connectivity index (χ1) is 9.43. The maximum atomic E-state index is 12.0. The molecule has 1 amide bonds. The molecule has 0 saturated carbocycles. The number of nitrogens with one attached hydrogen (secondary N) is 1. The third-order valence-corrected chi connectivity index (χ3v) is 3.15. The SMILES string of the molecule is C=CCCC(NC(=O)Cc1cc(C)ccc1C)C(=O)O. The van der Waals surface area contributed by atoms with Crippen LogP contribution in [0.4, 0.5) is 0 Å². The monoisotopic (exact) mass is 275 g/mol. The second kappa shape index (κ2) is 7.48. The Balaban J connectivity index is 2.67. The van der Waals surface area contributed by atoms with Gasteiger partial charge >= 0.3 is 5.97 Å². The van der Waals surface area contributed by atoms with Gasteiger partial charge in [0.1, 0.15) is 6.04 Å². The molecule has 0 aliphatic carbocycles. The van der Waals surface area contributed by atoms with E-state index in [2.05, 4.69) is 11.9 Å². The van der Waals surface area contributed by atoms with Gasteiger partial charge in [-0.2, -0.15) is 0 Å². The van der Waals surface area contributed by atoms with Crippen molar-refractivity contribution in [1.82, 2.24) is 5.32 Å². The van der Waals surface area contributed by atoms with Crippen LogP contribution in [0.5, 0.6) is 0 Å². The molecule has 108 valence electrons. The Morgan fingerprint density at radius 1 is 1.40 bits per heavy atom. The Hall–Kier alpha value is -2.10. The summed E-state index contributed by atoms with van der Waals surface area (Å²) in [6, 6.07) is 5.05. The Morgan fingerprint density at radius 2 is 2.10 bits per heavy atom. The van der Waals surface area contributed by atoms with Crippen LogP contribution in [0, 0.1) is 13.8 Å². The van der Waals surface area contributed by atoms with Crippen LogP contribution in [-0.2, 0) is 16.0 Å². The molecule has 1 aromatic carbocycles. The van der Waals surface area contributed by atoms with Crippen molar-refractivity contribution in [3.8, 4) is 0 Å². The predicted molar refractivity (Wildman–Crippen MR) is 78.6 cm³/mol. The summed E-state index contributed by atoms with van der Waals surface area (Å²) in [5, 5.41) is 11.6. The minimum Gasteiger partial charge on any atom is -0.480 e. The lowest BCUT2D eigenvalue weighted by atomic mass is 10.0. The molecule has 0 aliphatic rings. The molecule has 0 radical (unpaired) electrons. The first-order valence-electron chi connectivity index (χ1n) is 6.63. The van der Waals surface area contributed by atoms with E-state index < -0.39 is 12.0 Å². The maximum Gasteiger partial charge on any atom is 0.326 e. The first-order valence-corrected chi connectivity index (χ1v) is 6.63. The van der Waals surface area contributed by atoms with Crippen molar-refractivity contribution in [3.05, 3.63) is 47.5 Å². The minimum atomic E-state index is -1.01. The molecule has 4 nitrogen and oxygen atoms in total. The molecule has 0 saturated heterocycles. The Kier molecular flexibility index (Phi) is 5.97. The number of carboxylic acid groups (broad SMARTS) is 1. The average molecular weight is 275 g/mol. The Labute approximate surface area is 119 Å². The highest BCUT2D eigenvalue weighted by molar-refractivity contribution is 5.85. The number of aliphatic carboxylic acids is 1. The number of carboxylic acids is 1. The predicted octanol–water partition coefficient (Wildman–Crippen LogP) is 2.38. The van der Waals surface area contributed by atoms with Crippen LogP contribution in [0.2, 0.25) is 0 Å². The fourth-order valence-corrected chi connectivity index (χ4v) is 1.95. The van der Waals surface area contributed by atoms with E-state index in [-0.39, 0.29) is 12.3 Å². The van der Waals surface area contributed by atoms with Gasteiger partial charge in [0, 0.05) is 0 Å². The summed E-state index contributed by atoms with van der Waals surface area (Å²) < 4.78 is 0. The number of aryl methyl sites for hydroxylation is 2. The molecule has 1 unspecified atom stereocenters. The standard InChI is InChI=1S/C16H21NO3/c1-4-5-6-14(16(19)20)17-15(18)10-13-9-11(2)7-8-12(13)3/h4,7-9,14H,1,5-6,10H2,2-3H3,(H,17,18)(H,19,20). The molecule has 0 bridgehead atoms. The van der Waals surface area contributed by atoms with Gasteiger partial charge in [-0.05, 0) is 37.8 Å². The molecule has 0 aliphatic heterocycles. The van der Waals surface area contributed by atoms with Gasteiger partial charge in [-0.15, -0.1) is 6.58 Å². The summed E-state index contributed by atoms with van der Waals surface area (Å²) in [5.41, 5.74) is 3.04. The molecular formula is C16H21NO3. The normalized spacial score (nSPS) is 11.7. The molecule has 20 heavy (non-hydrogen) atoms. The summed E-state index contributed by atoms with van der Waals surface area (Å²) in [4.78, 5) is 23.0. The molecule has 0 fully saturated rings. The highest BCUT2D eigenvalue weighted by Gasteiger charge is 2.19. The fraction of sp³-hybridized carbons (Fsp3) is 0.375. The zero-order valence-corrected chi connectivity index (χ0v) is 12.0. The lowest BCUT2D eigenvalue weighted by molar-refractivity contribution is -0.141. The minimum absolute atomic E-state index is 0.200. The summed E-state index contributed by atoms with van der Waals surface area (Å²) in [5.74, 6) is -1.28. The van der Waals surface area contributed by atoms with Crippen molar-refractivity contribution < 1.29 is 14.7 Å². The second-order valence-electron chi connectivity index (χ2n) is 4.93. The average Bonchev–Trinajstić information content (AvgIpc) is 2.38. The van der Waals surface area contributed by atoms with E-state index in [1.165, 1.54) is 0 Å². The second-order valence-corrected chi connectivity index (χ2v) is 4.93. The number of carbonyl (C=O) groups excluding carboxylic acids is 1. The third-order valence-electron chi connectivity index (χ3n) is 3.15. The van der Waals surface area contributed by atoms with E-state index in [1.807, 2.05) is 32.0 Å². The van der Waals surface area contributed by atoms with Crippen molar-refractivity contribution in [2.24, 2.45) is 0 Å². The van der Waals surface area contributed by atoms with Crippen LogP contribution in [0.1, 0.15) is 29.5 Å². The number of hydrogen-bond acceptors (Lipinski definition) is 2. The summed E-state index contributed by atoms with van der Waals surface area (Å²) in [6.07, 6.45) is 2.76. The highest BCUT2D eigenvalue weighted by atomic mass is 16.4. The molecule has 1 aromatic rings. The Morgan fingerprint density at radius 3 is 2.70 bits per heavy atom. The summed E-state index contributed by atoms with van der Waals surface area (Å²) in [6.45, 7) is 7.46. The number of hydrogen-bond donors (Lipinski definition) is 2. The lowest BCUT2D eigenvalue weighted by Gasteiger charge is -2.14. The highest BCUT2D eigenvalue weighted by Crippen LogP contribution is 2.11. The number of carbonyl (C=O) groups is 2. The molecule has 0 heterocycles. The van der Waals surface area contributed by atoms with Gasteiger partial charge in [0.05, 0.1) is 6.42 Å². The summed E-state index contributed by atoms with van der Waals surface area (Å²) >= 11 is 0. The van der Waals surface area contributed by atoms with Gasteiger partial charge in [-0.1, -0.05) is 29.8 Å². The zero-order chi connectivity index (χ0) is 15.1. The van der Waals surface area contributed by atoms with E-state index in [4.69, 9.17) is 5.11 Å². The van der Waals surface area contributed by atoms with Gasteiger partial charge in [0.2, 0.25) is 5.91 Å². The van der Waals surface area contributed by atoms with Crippen LogP contribution in [-0.4, -0.2) is 23.0 Å². The molecule has 0 spiro atoms. The van der Waals surface area contributed by atoms with Gasteiger partial charge < -0.3 is 10.4 Å². The van der Waals surface area contributed by atoms with E-state index in [9.17, 15) is 9.59 Å². The van der Waals surface area contributed by atoms with Crippen molar-refractivity contribution in [2.75, 3.05) is 0 Å². The fourth-order valence-electron chi connectivity index (χ4n) is 1.95. The van der Waals surface area contributed by atoms with E-state index in [1.54, 1.807) is 6.08 Å². The van der Waals surface area contributed by atoms with E-state index in [0.29, 0.717) is 12.8 Å².